The van der Waals surface area contributed by atoms with Crippen molar-refractivity contribution in [2.75, 3.05) is 0 Å². The van der Waals surface area contributed by atoms with Crippen LogP contribution in [-0.2, 0) is 5.41 Å². The van der Waals surface area contributed by atoms with E-state index in [2.05, 4.69) is 252 Å². The van der Waals surface area contributed by atoms with Crippen LogP contribution in [0, 0.1) is 0 Å². The number of fused-ring (bicyclic) bond motifs is 20. The molecule has 3 nitrogen and oxygen atoms in total. The van der Waals surface area contributed by atoms with Gasteiger partial charge in [-0.3, -0.25) is 0 Å². The van der Waals surface area contributed by atoms with E-state index < -0.39 is 5.41 Å². The van der Waals surface area contributed by atoms with Crippen molar-refractivity contribution >= 4 is 65.6 Å². The molecule has 0 bridgehead atoms. The van der Waals surface area contributed by atoms with Gasteiger partial charge in [-0.05, 0) is 128 Å². The van der Waals surface area contributed by atoms with Crippen molar-refractivity contribution < 1.29 is 4.42 Å². The number of para-hydroxylation sites is 3. The molecule has 0 atom stereocenters. The fourth-order valence-electron chi connectivity index (χ4n) is 13.0. The normalized spacial score (nSPS) is 13.3. The Balaban J connectivity index is 0.934. The molecule has 0 aliphatic heterocycles. The third kappa shape index (κ3) is 4.83. The first-order valence-corrected chi connectivity index (χ1v) is 24.3. The van der Waals surface area contributed by atoms with Crippen LogP contribution in [0.2, 0.25) is 0 Å². The first-order chi connectivity index (χ1) is 34.8. The standard InChI is InChI=1S/C67H40N2O/c1-3-17-43(18-4-1)68-58-30-14-10-24-51(58)63-45(25-15-31-60(63)68)42-34-38-61-53(40-42)64-46(26-16-32-62(64)70-61)41-33-37-59-52(39-41)49-35-36-57-65(66(49)69(59)44-19-5-2-6-20-44)50-23-9-13-29-56(50)67(57)54-27-11-7-21-47(54)48-22-8-12-28-55(48)67/h1-40H. The molecule has 3 heterocycles. The van der Waals surface area contributed by atoms with Crippen LogP contribution in [0.4, 0.5) is 0 Å². The van der Waals surface area contributed by atoms with Gasteiger partial charge < -0.3 is 13.6 Å². The summed E-state index contributed by atoms with van der Waals surface area (Å²) in [5.41, 5.74) is 23.7. The summed E-state index contributed by atoms with van der Waals surface area (Å²) in [4.78, 5) is 0. The molecule has 2 aliphatic rings. The third-order valence-electron chi connectivity index (χ3n) is 15.7. The molecule has 70 heavy (non-hydrogen) atoms. The number of aromatic nitrogens is 2. The average Bonchev–Trinajstić information content (AvgIpc) is 4.22. The fourth-order valence-corrected chi connectivity index (χ4v) is 13.0. The van der Waals surface area contributed by atoms with Crippen LogP contribution in [-0.4, -0.2) is 9.13 Å². The zero-order valence-corrected chi connectivity index (χ0v) is 37.9. The van der Waals surface area contributed by atoms with Gasteiger partial charge in [0.2, 0.25) is 0 Å². The predicted octanol–water partition coefficient (Wildman–Crippen LogP) is 17.5. The highest BCUT2D eigenvalue weighted by atomic mass is 16.3. The van der Waals surface area contributed by atoms with E-state index in [0.29, 0.717) is 0 Å². The summed E-state index contributed by atoms with van der Waals surface area (Å²) >= 11 is 0. The third-order valence-corrected chi connectivity index (χ3v) is 15.7. The zero-order valence-electron chi connectivity index (χ0n) is 37.9. The minimum absolute atomic E-state index is 0.433. The summed E-state index contributed by atoms with van der Waals surface area (Å²) in [7, 11) is 0. The van der Waals surface area contributed by atoms with Crippen molar-refractivity contribution in [2.24, 2.45) is 0 Å². The first kappa shape index (κ1) is 37.9. The number of benzene rings is 11. The average molecular weight is 889 g/mol. The monoisotopic (exact) mass is 888 g/mol. The molecule has 11 aromatic carbocycles. The molecule has 0 N–H and O–H groups in total. The van der Waals surface area contributed by atoms with E-state index in [1.54, 1.807) is 0 Å². The molecule has 0 saturated carbocycles. The lowest BCUT2D eigenvalue weighted by Crippen LogP contribution is -2.25. The van der Waals surface area contributed by atoms with Gasteiger partial charge in [0.05, 0.1) is 27.5 Å². The molecular formula is C67H40N2O. The number of rotatable bonds is 4. The number of nitrogens with zero attached hydrogens (tertiary/aromatic N) is 2. The maximum atomic E-state index is 6.72. The zero-order chi connectivity index (χ0) is 45.7. The van der Waals surface area contributed by atoms with Crippen LogP contribution >= 0.6 is 0 Å². The van der Waals surface area contributed by atoms with Gasteiger partial charge in [0.25, 0.3) is 0 Å². The van der Waals surface area contributed by atoms with E-state index in [1.165, 1.54) is 93.7 Å². The number of furan rings is 1. The van der Waals surface area contributed by atoms with Crippen LogP contribution in [0.1, 0.15) is 22.3 Å². The summed E-state index contributed by atoms with van der Waals surface area (Å²) in [5.74, 6) is 0. The van der Waals surface area contributed by atoms with Gasteiger partial charge in [0, 0.05) is 49.3 Å². The van der Waals surface area contributed by atoms with Crippen LogP contribution in [0.25, 0.3) is 121 Å². The van der Waals surface area contributed by atoms with Crippen molar-refractivity contribution in [3.63, 3.8) is 0 Å². The van der Waals surface area contributed by atoms with E-state index in [0.717, 1.165) is 50.0 Å². The van der Waals surface area contributed by atoms with Gasteiger partial charge >= 0.3 is 0 Å². The van der Waals surface area contributed by atoms with Gasteiger partial charge in [-0.1, -0.05) is 176 Å². The molecule has 1 spiro atoms. The van der Waals surface area contributed by atoms with Gasteiger partial charge in [-0.25, -0.2) is 0 Å². The largest absolute Gasteiger partial charge is 0.456 e. The van der Waals surface area contributed by atoms with Crippen molar-refractivity contribution in [2.45, 2.75) is 5.41 Å². The lowest BCUT2D eigenvalue weighted by molar-refractivity contribution is 0.669. The second-order valence-corrected chi connectivity index (χ2v) is 19.1. The quantitative estimate of drug-likeness (QED) is 0.173. The predicted molar refractivity (Wildman–Crippen MR) is 290 cm³/mol. The second-order valence-electron chi connectivity index (χ2n) is 19.1. The van der Waals surface area contributed by atoms with E-state index in [1.807, 2.05) is 0 Å². The Labute approximate surface area is 403 Å². The Morgan fingerprint density at radius 1 is 0.300 bits per heavy atom. The van der Waals surface area contributed by atoms with Crippen LogP contribution in [0.5, 0.6) is 0 Å². The van der Waals surface area contributed by atoms with E-state index >= 15 is 0 Å². The molecule has 324 valence electrons. The summed E-state index contributed by atoms with van der Waals surface area (Å²) in [6, 6.07) is 89.6. The molecule has 0 amide bonds. The summed E-state index contributed by atoms with van der Waals surface area (Å²) in [5, 5.41) is 7.17. The summed E-state index contributed by atoms with van der Waals surface area (Å²) < 4.78 is 11.6. The van der Waals surface area contributed by atoms with E-state index in [4.69, 9.17) is 4.42 Å². The maximum Gasteiger partial charge on any atom is 0.136 e. The summed E-state index contributed by atoms with van der Waals surface area (Å²) in [6.45, 7) is 0. The Kier molecular flexibility index (Phi) is 7.54. The van der Waals surface area contributed by atoms with Crippen LogP contribution in [0.3, 0.4) is 0 Å². The number of hydrogen-bond donors (Lipinski definition) is 0. The Morgan fingerprint density at radius 3 is 1.59 bits per heavy atom. The Bertz CT molecular complexity index is 4480. The molecule has 3 heteroatoms. The minimum Gasteiger partial charge on any atom is -0.456 e. The Morgan fingerprint density at radius 2 is 0.843 bits per heavy atom. The van der Waals surface area contributed by atoms with Crippen LogP contribution < -0.4 is 0 Å². The van der Waals surface area contributed by atoms with Crippen molar-refractivity contribution in [1.29, 1.82) is 0 Å². The second kappa shape index (κ2) is 13.9. The lowest BCUT2D eigenvalue weighted by Gasteiger charge is -2.30. The molecule has 16 rings (SSSR count). The molecule has 2 aliphatic carbocycles. The van der Waals surface area contributed by atoms with E-state index in [-0.39, 0.29) is 0 Å². The minimum atomic E-state index is -0.433. The molecule has 0 unspecified atom stereocenters. The van der Waals surface area contributed by atoms with Gasteiger partial charge in [-0.2, -0.15) is 0 Å². The molecule has 0 saturated heterocycles. The SMILES string of the molecule is c1ccc(-n2c3ccccc3c3c(-c4ccc5oc6cccc(-c7ccc8c(c7)c7ccc9c(c7n8-c7ccccc7)-c7ccccc7C97c8ccccc8-c8ccccc87)c6c5c4)cccc32)cc1. The summed E-state index contributed by atoms with van der Waals surface area (Å²) in [6.07, 6.45) is 0. The highest BCUT2D eigenvalue weighted by Crippen LogP contribution is 2.64. The molecule has 0 radical (unpaired) electrons. The molecule has 0 fully saturated rings. The molecule has 14 aromatic rings. The fraction of sp³-hybridized carbons (Fsp3) is 0.0149. The van der Waals surface area contributed by atoms with Gasteiger partial charge in [0.15, 0.2) is 0 Å². The highest BCUT2D eigenvalue weighted by molar-refractivity contribution is 6.20. The topological polar surface area (TPSA) is 23.0 Å². The van der Waals surface area contributed by atoms with Crippen LogP contribution in [0.15, 0.2) is 247 Å². The first-order valence-electron chi connectivity index (χ1n) is 24.3. The molecule has 3 aromatic heterocycles. The Hall–Kier alpha value is -9.18. The smallest absolute Gasteiger partial charge is 0.136 e. The van der Waals surface area contributed by atoms with Crippen molar-refractivity contribution in [1.82, 2.24) is 9.13 Å². The van der Waals surface area contributed by atoms with Gasteiger partial charge in [0.1, 0.15) is 11.2 Å². The highest BCUT2D eigenvalue weighted by Gasteiger charge is 2.52. The van der Waals surface area contributed by atoms with Crippen molar-refractivity contribution in [3.8, 4) is 55.9 Å². The lowest BCUT2D eigenvalue weighted by atomic mass is 9.70. The maximum absolute atomic E-state index is 6.72. The van der Waals surface area contributed by atoms with Gasteiger partial charge in [-0.15, -0.1) is 0 Å². The number of hydrogen-bond acceptors (Lipinski definition) is 1. The van der Waals surface area contributed by atoms with E-state index in [9.17, 15) is 0 Å². The van der Waals surface area contributed by atoms with Crippen molar-refractivity contribution in [3.05, 3.63) is 265 Å². The molecular weight excluding hydrogens is 849 g/mol.